The first-order valence-corrected chi connectivity index (χ1v) is 8.12. The Morgan fingerprint density at radius 1 is 1.15 bits per heavy atom. The Kier molecular flexibility index (Phi) is 3.89. The third-order valence-corrected chi connectivity index (χ3v) is 4.08. The van der Waals surface area contributed by atoms with Gasteiger partial charge in [-0.15, -0.1) is 0 Å². The van der Waals surface area contributed by atoms with Gasteiger partial charge in [0.25, 0.3) is 0 Å². The Bertz CT molecular complexity index is 1120. The molecule has 0 bridgehead atoms. The number of nitrogens with one attached hydrogen (secondary N) is 2. The summed E-state index contributed by atoms with van der Waals surface area (Å²) in [6, 6.07) is 15.3. The van der Waals surface area contributed by atoms with Crippen LogP contribution in [0.5, 0.6) is 0 Å². The van der Waals surface area contributed by atoms with Crippen LogP contribution in [-0.4, -0.2) is 22.0 Å². The van der Waals surface area contributed by atoms with E-state index in [1.807, 2.05) is 61.3 Å². The van der Waals surface area contributed by atoms with Crippen molar-refractivity contribution in [1.82, 2.24) is 15.0 Å². The number of oxazole rings is 1. The molecular weight excluding hydrogens is 330 g/mol. The zero-order valence-corrected chi connectivity index (χ0v) is 14.4. The summed E-state index contributed by atoms with van der Waals surface area (Å²) < 4.78 is 5.03. The summed E-state index contributed by atoms with van der Waals surface area (Å²) >= 11 is 0. The van der Waals surface area contributed by atoms with E-state index in [4.69, 9.17) is 4.42 Å². The predicted molar refractivity (Wildman–Crippen MR) is 101 cm³/mol. The lowest BCUT2D eigenvalue weighted by Gasteiger charge is -2.18. The van der Waals surface area contributed by atoms with E-state index in [1.54, 1.807) is 12.3 Å². The van der Waals surface area contributed by atoms with E-state index in [0.717, 1.165) is 16.9 Å². The standard InChI is InChI=1S/C19H17N5O2/c1-12-11-20-18(24(2)14-6-4-3-5-7-14)23-17(12)21-13-8-9-16-15(10-13)22-19(25)26-16/h3-11H,1-2H3,(H,22,25)(H,20,21,23). The summed E-state index contributed by atoms with van der Waals surface area (Å²) in [5.41, 5.74) is 3.86. The van der Waals surface area contributed by atoms with Crippen molar-refractivity contribution in [3.05, 3.63) is 70.8 Å². The third-order valence-electron chi connectivity index (χ3n) is 4.08. The molecule has 0 atom stereocenters. The van der Waals surface area contributed by atoms with E-state index in [9.17, 15) is 4.79 Å². The molecule has 2 aromatic heterocycles. The second-order valence-electron chi connectivity index (χ2n) is 5.95. The normalized spacial score (nSPS) is 10.8. The zero-order valence-electron chi connectivity index (χ0n) is 14.4. The second kappa shape index (κ2) is 6.36. The van der Waals surface area contributed by atoms with Gasteiger partial charge < -0.3 is 14.6 Å². The molecule has 0 aliphatic carbocycles. The number of nitrogens with zero attached hydrogens (tertiary/aromatic N) is 3. The molecule has 130 valence electrons. The van der Waals surface area contributed by atoms with Crippen LogP contribution in [0.4, 0.5) is 23.1 Å². The van der Waals surface area contributed by atoms with E-state index in [2.05, 4.69) is 20.3 Å². The summed E-state index contributed by atoms with van der Waals surface area (Å²) in [5.74, 6) is 0.812. The van der Waals surface area contributed by atoms with Crippen LogP contribution >= 0.6 is 0 Å². The molecule has 0 aliphatic heterocycles. The van der Waals surface area contributed by atoms with Crippen LogP contribution in [-0.2, 0) is 0 Å². The molecule has 0 saturated heterocycles. The highest BCUT2D eigenvalue weighted by atomic mass is 16.4. The summed E-state index contributed by atoms with van der Waals surface area (Å²) in [5, 5.41) is 3.28. The molecule has 0 unspecified atom stereocenters. The minimum atomic E-state index is -0.470. The molecule has 0 spiro atoms. The Hall–Kier alpha value is -3.61. The van der Waals surface area contributed by atoms with Gasteiger partial charge in [-0.2, -0.15) is 4.98 Å². The molecule has 0 amide bonds. The fourth-order valence-electron chi connectivity index (χ4n) is 2.65. The maximum Gasteiger partial charge on any atom is 0.417 e. The maximum atomic E-state index is 11.3. The van der Waals surface area contributed by atoms with Gasteiger partial charge >= 0.3 is 5.76 Å². The summed E-state index contributed by atoms with van der Waals surface area (Å²) in [4.78, 5) is 24.9. The van der Waals surface area contributed by atoms with Crippen molar-refractivity contribution in [2.75, 3.05) is 17.3 Å². The molecule has 4 rings (SSSR count). The van der Waals surface area contributed by atoms with Crippen LogP contribution < -0.4 is 16.0 Å². The number of aromatic amines is 1. The van der Waals surface area contributed by atoms with Gasteiger partial charge in [-0.25, -0.2) is 9.78 Å². The minimum absolute atomic E-state index is 0.470. The van der Waals surface area contributed by atoms with E-state index in [-0.39, 0.29) is 0 Å². The lowest BCUT2D eigenvalue weighted by Crippen LogP contribution is -2.14. The lowest BCUT2D eigenvalue weighted by atomic mass is 10.2. The van der Waals surface area contributed by atoms with Crippen molar-refractivity contribution >= 4 is 34.2 Å². The number of aryl methyl sites for hydroxylation is 1. The van der Waals surface area contributed by atoms with Crippen molar-refractivity contribution in [1.29, 1.82) is 0 Å². The maximum absolute atomic E-state index is 11.3. The van der Waals surface area contributed by atoms with Gasteiger partial charge in [0.1, 0.15) is 5.82 Å². The summed E-state index contributed by atoms with van der Waals surface area (Å²) in [7, 11) is 1.92. The number of H-pyrrole nitrogens is 1. The van der Waals surface area contributed by atoms with Gasteiger partial charge in [0.15, 0.2) is 5.58 Å². The van der Waals surface area contributed by atoms with E-state index in [1.165, 1.54) is 0 Å². The monoisotopic (exact) mass is 347 g/mol. The smallest absolute Gasteiger partial charge is 0.408 e. The van der Waals surface area contributed by atoms with Crippen molar-refractivity contribution in [2.24, 2.45) is 0 Å². The fraction of sp³-hybridized carbons (Fsp3) is 0.105. The molecule has 2 aromatic carbocycles. The topological polar surface area (TPSA) is 87.1 Å². The molecule has 2 N–H and O–H groups in total. The number of aromatic nitrogens is 3. The summed E-state index contributed by atoms with van der Waals surface area (Å²) in [6.07, 6.45) is 1.78. The minimum Gasteiger partial charge on any atom is -0.408 e. The van der Waals surface area contributed by atoms with E-state index >= 15 is 0 Å². The SMILES string of the molecule is Cc1cnc(N(C)c2ccccc2)nc1Nc1ccc2oc(=O)[nH]c2c1. The summed E-state index contributed by atoms with van der Waals surface area (Å²) in [6.45, 7) is 1.94. The Morgan fingerprint density at radius 2 is 1.96 bits per heavy atom. The molecule has 0 fully saturated rings. The van der Waals surface area contributed by atoms with Gasteiger partial charge in [0, 0.05) is 30.2 Å². The molecule has 0 aliphatic rings. The number of hydrogen-bond acceptors (Lipinski definition) is 6. The molecular formula is C19H17N5O2. The predicted octanol–water partition coefficient (Wildman–Crippen LogP) is 3.73. The largest absolute Gasteiger partial charge is 0.417 e. The van der Waals surface area contributed by atoms with Gasteiger partial charge in [-0.1, -0.05) is 18.2 Å². The number of fused-ring (bicyclic) bond motifs is 1. The fourth-order valence-corrected chi connectivity index (χ4v) is 2.65. The van der Waals surface area contributed by atoms with Crippen molar-refractivity contribution in [3.63, 3.8) is 0 Å². The van der Waals surface area contributed by atoms with Crippen molar-refractivity contribution < 1.29 is 4.42 Å². The molecule has 2 heterocycles. The number of benzene rings is 2. The average Bonchev–Trinajstić information content (AvgIpc) is 3.03. The van der Waals surface area contributed by atoms with Crippen LogP contribution in [0.3, 0.4) is 0 Å². The van der Waals surface area contributed by atoms with E-state index in [0.29, 0.717) is 22.9 Å². The number of hydrogen-bond donors (Lipinski definition) is 2. The van der Waals surface area contributed by atoms with Crippen LogP contribution in [0.1, 0.15) is 5.56 Å². The first-order chi connectivity index (χ1) is 12.6. The quantitative estimate of drug-likeness (QED) is 0.585. The molecule has 7 heteroatoms. The Labute approximate surface area is 149 Å². The number of rotatable bonds is 4. The highest BCUT2D eigenvalue weighted by Gasteiger charge is 2.11. The van der Waals surface area contributed by atoms with Crippen molar-refractivity contribution in [3.8, 4) is 0 Å². The molecule has 0 saturated carbocycles. The highest BCUT2D eigenvalue weighted by molar-refractivity contribution is 5.78. The lowest BCUT2D eigenvalue weighted by molar-refractivity contribution is 0.555. The number of anilines is 4. The van der Waals surface area contributed by atoms with Crippen molar-refractivity contribution in [2.45, 2.75) is 6.92 Å². The average molecular weight is 347 g/mol. The van der Waals surface area contributed by atoms with Crippen LogP contribution in [0.25, 0.3) is 11.1 Å². The second-order valence-corrected chi connectivity index (χ2v) is 5.95. The zero-order chi connectivity index (χ0) is 18.1. The Balaban J connectivity index is 1.66. The van der Waals surface area contributed by atoms with Gasteiger partial charge in [0.2, 0.25) is 5.95 Å². The van der Waals surface area contributed by atoms with Crippen LogP contribution in [0.15, 0.2) is 63.9 Å². The van der Waals surface area contributed by atoms with Gasteiger partial charge in [-0.3, -0.25) is 4.98 Å². The highest BCUT2D eigenvalue weighted by Crippen LogP contribution is 2.25. The molecule has 4 aromatic rings. The van der Waals surface area contributed by atoms with Gasteiger partial charge in [-0.05, 0) is 37.3 Å². The first kappa shape index (κ1) is 15.9. The third kappa shape index (κ3) is 3.02. The molecule has 7 nitrogen and oxygen atoms in total. The van der Waals surface area contributed by atoms with Gasteiger partial charge in [0.05, 0.1) is 5.52 Å². The molecule has 0 radical (unpaired) electrons. The Morgan fingerprint density at radius 3 is 2.77 bits per heavy atom. The van der Waals surface area contributed by atoms with Crippen LogP contribution in [0.2, 0.25) is 0 Å². The first-order valence-electron chi connectivity index (χ1n) is 8.12. The van der Waals surface area contributed by atoms with E-state index < -0.39 is 5.76 Å². The van der Waals surface area contributed by atoms with Crippen LogP contribution in [0, 0.1) is 6.92 Å². The number of para-hydroxylation sites is 1. The molecule has 26 heavy (non-hydrogen) atoms.